The molecule has 8 nitrogen and oxygen atoms in total. The molecule has 2 aliphatic rings. The molecule has 2 aliphatic heterocycles. The van der Waals surface area contributed by atoms with E-state index in [1.807, 2.05) is 44.3 Å². The molecule has 2 fully saturated rings. The Labute approximate surface area is 189 Å². The van der Waals surface area contributed by atoms with Gasteiger partial charge < -0.3 is 24.6 Å². The highest BCUT2D eigenvalue weighted by Crippen LogP contribution is 2.30. The molecule has 1 N–H and O–H groups in total. The van der Waals surface area contributed by atoms with Gasteiger partial charge >= 0.3 is 0 Å². The maximum atomic E-state index is 12.9. The fourth-order valence-electron chi connectivity index (χ4n) is 4.37. The number of anilines is 2. The fourth-order valence-corrected chi connectivity index (χ4v) is 4.37. The quantitative estimate of drug-likeness (QED) is 0.711. The molecule has 0 unspecified atom stereocenters. The molecule has 172 valence electrons. The van der Waals surface area contributed by atoms with Gasteiger partial charge in [0.15, 0.2) is 5.82 Å². The van der Waals surface area contributed by atoms with Gasteiger partial charge in [-0.3, -0.25) is 4.79 Å². The van der Waals surface area contributed by atoms with Crippen LogP contribution < -0.4 is 19.9 Å². The zero-order valence-corrected chi connectivity index (χ0v) is 19.0. The largest absolute Gasteiger partial charge is 0.494 e. The zero-order valence-electron chi connectivity index (χ0n) is 19.0. The second-order valence-corrected chi connectivity index (χ2v) is 8.32. The summed E-state index contributed by atoms with van der Waals surface area (Å²) in [5, 5.41) is 3.19. The summed E-state index contributed by atoms with van der Waals surface area (Å²) in [4.78, 5) is 26.3. The summed E-state index contributed by atoms with van der Waals surface area (Å²) in [6.07, 6.45) is 5.14. The van der Waals surface area contributed by atoms with Crippen LogP contribution in [0.4, 0.5) is 11.5 Å². The molecule has 2 saturated heterocycles. The Bertz CT molecular complexity index is 877. The molecule has 4 rings (SSSR count). The van der Waals surface area contributed by atoms with E-state index >= 15 is 0 Å². The van der Waals surface area contributed by atoms with Crippen LogP contribution in [0.25, 0.3) is 0 Å². The first-order valence-electron chi connectivity index (χ1n) is 11.6. The molecule has 1 amide bonds. The number of ether oxygens (including phenoxy) is 2. The summed E-state index contributed by atoms with van der Waals surface area (Å²) in [5.41, 5.74) is 2.13. The molecule has 8 heteroatoms. The molecule has 1 aromatic carbocycles. The lowest BCUT2D eigenvalue weighted by atomic mass is 9.95. The first-order valence-corrected chi connectivity index (χ1v) is 11.6. The average Bonchev–Trinajstić information content (AvgIpc) is 2.85. The van der Waals surface area contributed by atoms with Crippen molar-refractivity contribution >= 4 is 17.4 Å². The van der Waals surface area contributed by atoms with Crippen molar-refractivity contribution in [3.8, 4) is 5.75 Å². The first-order chi connectivity index (χ1) is 15.7. The van der Waals surface area contributed by atoms with Crippen molar-refractivity contribution in [2.24, 2.45) is 5.92 Å². The van der Waals surface area contributed by atoms with E-state index in [-0.39, 0.29) is 17.9 Å². The minimum absolute atomic E-state index is 0.0212. The van der Waals surface area contributed by atoms with Gasteiger partial charge in [-0.2, -0.15) is 0 Å². The van der Waals surface area contributed by atoms with Crippen molar-refractivity contribution < 1.29 is 14.3 Å². The van der Waals surface area contributed by atoms with Crippen molar-refractivity contribution in [2.75, 3.05) is 55.8 Å². The lowest BCUT2D eigenvalue weighted by Crippen LogP contribution is -2.43. The van der Waals surface area contributed by atoms with Crippen LogP contribution in [0.3, 0.4) is 0 Å². The minimum Gasteiger partial charge on any atom is -0.494 e. The second kappa shape index (κ2) is 10.6. The van der Waals surface area contributed by atoms with Crippen LogP contribution in [-0.4, -0.2) is 61.9 Å². The zero-order chi connectivity index (χ0) is 22.3. The van der Waals surface area contributed by atoms with E-state index < -0.39 is 0 Å². The van der Waals surface area contributed by atoms with Crippen molar-refractivity contribution in [1.82, 2.24) is 15.3 Å². The van der Waals surface area contributed by atoms with E-state index in [1.54, 1.807) is 6.33 Å². The van der Waals surface area contributed by atoms with E-state index in [2.05, 4.69) is 25.1 Å². The van der Waals surface area contributed by atoms with Crippen LogP contribution in [0, 0.1) is 5.92 Å². The number of rotatable bonds is 7. The van der Waals surface area contributed by atoms with Crippen LogP contribution in [0.2, 0.25) is 0 Å². The molecule has 0 radical (unpaired) electrons. The monoisotopic (exact) mass is 439 g/mol. The SMILES string of the molecule is CCOc1ccc([C@H](C)NC(=O)C2CCN(c3cncnc3N3CCOCC3)CC2)cc1. The van der Waals surface area contributed by atoms with Gasteiger partial charge in [-0.05, 0) is 44.4 Å². The number of benzene rings is 1. The predicted octanol–water partition coefficient (Wildman–Crippen LogP) is 2.81. The van der Waals surface area contributed by atoms with Crippen LogP contribution in [0.5, 0.6) is 5.75 Å². The molecular weight excluding hydrogens is 406 g/mol. The van der Waals surface area contributed by atoms with Gasteiger partial charge in [0.05, 0.1) is 37.7 Å². The fraction of sp³-hybridized carbons (Fsp3) is 0.542. The molecule has 32 heavy (non-hydrogen) atoms. The number of carbonyl (C=O) groups is 1. The topological polar surface area (TPSA) is 79.8 Å². The van der Waals surface area contributed by atoms with Crippen LogP contribution in [-0.2, 0) is 9.53 Å². The summed E-state index contributed by atoms with van der Waals surface area (Å²) in [6.45, 7) is 9.40. The standard InChI is InChI=1S/C24H33N5O3/c1-3-32-21-6-4-19(5-7-21)18(2)27-24(30)20-8-10-28(11-9-20)22-16-25-17-26-23(22)29-12-14-31-15-13-29/h4-7,16-18,20H,3,8-15H2,1-2H3,(H,27,30)/t18-/m0/s1. The van der Waals surface area contributed by atoms with Gasteiger partial charge in [0.25, 0.3) is 0 Å². The summed E-state index contributed by atoms with van der Waals surface area (Å²) in [5.74, 6) is 1.97. The van der Waals surface area contributed by atoms with Crippen molar-refractivity contribution in [3.05, 3.63) is 42.4 Å². The Hall–Kier alpha value is -2.87. The lowest BCUT2D eigenvalue weighted by molar-refractivity contribution is -0.126. The Balaban J connectivity index is 1.32. The third-order valence-corrected chi connectivity index (χ3v) is 6.24. The van der Waals surface area contributed by atoms with Gasteiger partial charge in [-0.1, -0.05) is 12.1 Å². The molecule has 0 bridgehead atoms. The lowest BCUT2D eigenvalue weighted by Gasteiger charge is -2.36. The number of aromatic nitrogens is 2. The van der Waals surface area contributed by atoms with Crippen molar-refractivity contribution in [2.45, 2.75) is 32.7 Å². The van der Waals surface area contributed by atoms with Gasteiger partial charge in [-0.15, -0.1) is 0 Å². The van der Waals surface area contributed by atoms with Crippen molar-refractivity contribution in [1.29, 1.82) is 0 Å². The third kappa shape index (κ3) is 5.30. The normalized spacial score (nSPS) is 18.3. The van der Waals surface area contributed by atoms with E-state index in [0.29, 0.717) is 6.61 Å². The number of hydrogen-bond donors (Lipinski definition) is 1. The number of nitrogens with zero attached hydrogens (tertiary/aromatic N) is 4. The molecule has 0 aliphatic carbocycles. The minimum atomic E-state index is -0.0355. The van der Waals surface area contributed by atoms with Gasteiger partial charge in [-0.25, -0.2) is 9.97 Å². The second-order valence-electron chi connectivity index (χ2n) is 8.32. The predicted molar refractivity (Wildman–Crippen MR) is 124 cm³/mol. The van der Waals surface area contributed by atoms with E-state index in [0.717, 1.165) is 75.1 Å². The van der Waals surface area contributed by atoms with E-state index in [1.165, 1.54) is 0 Å². The highest BCUT2D eigenvalue weighted by molar-refractivity contribution is 5.79. The molecule has 0 saturated carbocycles. The van der Waals surface area contributed by atoms with Crippen LogP contribution in [0.1, 0.15) is 38.3 Å². The van der Waals surface area contributed by atoms with Crippen LogP contribution in [0.15, 0.2) is 36.8 Å². The maximum Gasteiger partial charge on any atom is 0.223 e. The van der Waals surface area contributed by atoms with E-state index in [9.17, 15) is 4.79 Å². The summed E-state index contributed by atoms with van der Waals surface area (Å²) >= 11 is 0. The van der Waals surface area contributed by atoms with Gasteiger partial charge in [0, 0.05) is 32.1 Å². The smallest absolute Gasteiger partial charge is 0.223 e. The molecule has 1 atom stereocenters. The Kier molecular flexibility index (Phi) is 7.42. The highest BCUT2D eigenvalue weighted by Gasteiger charge is 2.28. The number of piperidine rings is 1. The molecule has 1 aromatic heterocycles. The Morgan fingerprint density at radius 2 is 1.88 bits per heavy atom. The van der Waals surface area contributed by atoms with Crippen molar-refractivity contribution in [3.63, 3.8) is 0 Å². The molecule has 2 aromatic rings. The first kappa shape index (κ1) is 22.3. The number of hydrogen-bond acceptors (Lipinski definition) is 7. The molecule has 3 heterocycles. The van der Waals surface area contributed by atoms with Crippen LogP contribution >= 0.6 is 0 Å². The van der Waals surface area contributed by atoms with Gasteiger partial charge in [0.2, 0.25) is 5.91 Å². The Morgan fingerprint density at radius 3 is 2.56 bits per heavy atom. The molecular formula is C24H33N5O3. The summed E-state index contributed by atoms with van der Waals surface area (Å²) in [6, 6.07) is 7.90. The Morgan fingerprint density at radius 1 is 1.16 bits per heavy atom. The number of morpholine rings is 1. The van der Waals surface area contributed by atoms with Gasteiger partial charge in [0.1, 0.15) is 12.1 Å². The third-order valence-electron chi connectivity index (χ3n) is 6.24. The summed E-state index contributed by atoms with van der Waals surface area (Å²) in [7, 11) is 0. The number of amides is 1. The molecule has 0 spiro atoms. The number of carbonyl (C=O) groups excluding carboxylic acids is 1. The van der Waals surface area contributed by atoms with E-state index in [4.69, 9.17) is 9.47 Å². The average molecular weight is 440 g/mol. The number of nitrogens with one attached hydrogen (secondary N) is 1. The maximum absolute atomic E-state index is 12.9. The highest BCUT2D eigenvalue weighted by atomic mass is 16.5. The summed E-state index contributed by atoms with van der Waals surface area (Å²) < 4.78 is 11.0.